The second-order valence-electron chi connectivity index (χ2n) is 7.95. The highest BCUT2D eigenvalue weighted by Gasteiger charge is 2.34. The normalized spacial score (nSPS) is 18.6. The molecule has 1 aliphatic carbocycles. The van der Waals surface area contributed by atoms with Gasteiger partial charge in [-0.05, 0) is 62.3 Å². The maximum Gasteiger partial charge on any atom is 0.253 e. The molecule has 0 bridgehead atoms. The van der Waals surface area contributed by atoms with Crippen LogP contribution in [0.2, 0.25) is 5.02 Å². The second kappa shape index (κ2) is 8.09. The third kappa shape index (κ3) is 4.34. The summed E-state index contributed by atoms with van der Waals surface area (Å²) in [5.74, 6) is 0.0582. The minimum absolute atomic E-state index is 0.0991. The SMILES string of the molecule is Cc1ccc(C(NC(=O)c2cc(S(=O)(=O)N3CCCC3)ccc2Cl)C2CC2)cc1. The van der Waals surface area contributed by atoms with Crippen LogP contribution in [0, 0.1) is 12.8 Å². The van der Waals surface area contributed by atoms with Crippen molar-refractivity contribution in [2.75, 3.05) is 13.1 Å². The molecule has 5 nitrogen and oxygen atoms in total. The van der Waals surface area contributed by atoms with Crippen molar-refractivity contribution in [3.8, 4) is 0 Å². The average Bonchev–Trinajstić information content (AvgIpc) is 3.38. The van der Waals surface area contributed by atoms with E-state index in [4.69, 9.17) is 11.6 Å². The molecule has 1 atom stereocenters. The highest BCUT2D eigenvalue weighted by Crippen LogP contribution is 2.41. The minimum atomic E-state index is -3.61. The Morgan fingerprint density at radius 2 is 1.76 bits per heavy atom. The van der Waals surface area contributed by atoms with Gasteiger partial charge in [-0.1, -0.05) is 41.4 Å². The predicted molar refractivity (Wildman–Crippen MR) is 114 cm³/mol. The van der Waals surface area contributed by atoms with E-state index in [0.29, 0.717) is 19.0 Å². The van der Waals surface area contributed by atoms with Crippen molar-refractivity contribution in [1.82, 2.24) is 9.62 Å². The van der Waals surface area contributed by atoms with Crippen molar-refractivity contribution in [2.45, 2.75) is 43.5 Å². The molecule has 4 rings (SSSR count). The van der Waals surface area contributed by atoms with E-state index in [1.165, 1.54) is 22.5 Å². The molecular formula is C22H25ClN2O3S. The van der Waals surface area contributed by atoms with E-state index in [0.717, 1.165) is 36.8 Å². The average molecular weight is 433 g/mol. The van der Waals surface area contributed by atoms with Crippen molar-refractivity contribution in [1.29, 1.82) is 0 Å². The standard InChI is InChI=1S/C22H25ClN2O3S/c1-15-4-6-16(7-5-15)21(17-8-9-17)24-22(26)19-14-18(10-11-20(19)23)29(27,28)25-12-2-3-13-25/h4-7,10-11,14,17,21H,2-3,8-9,12-13H2,1H3,(H,24,26). The van der Waals surface area contributed by atoms with Crippen molar-refractivity contribution < 1.29 is 13.2 Å². The predicted octanol–water partition coefficient (Wildman–Crippen LogP) is 4.31. The molecule has 1 unspecified atom stereocenters. The molecule has 154 valence electrons. The number of hydrogen-bond acceptors (Lipinski definition) is 3. The van der Waals surface area contributed by atoms with Crippen LogP contribution in [0.15, 0.2) is 47.4 Å². The highest BCUT2D eigenvalue weighted by atomic mass is 35.5. The van der Waals surface area contributed by atoms with Gasteiger partial charge in [-0.2, -0.15) is 4.31 Å². The molecule has 29 heavy (non-hydrogen) atoms. The molecule has 2 fully saturated rings. The maximum atomic E-state index is 13.0. The van der Waals surface area contributed by atoms with E-state index in [2.05, 4.69) is 5.32 Å². The zero-order chi connectivity index (χ0) is 20.6. The maximum absolute atomic E-state index is 13.0. The van der Waals surface area contributed by atoms with Gasteiger partial charge < -0.3 is 5.32 Å². The number of rotatable bonds is 6. The first-order valence-electron chi connectivity index (χ1n) is 10.0. The number of carbonyl (C=O) groups excluding carboxylic acids is 1. The van der Waals surface area contributed by atoms with Crippen LogP contribution in [0.5, 0.6) is 0 Å². The van der Waals surface area contributed by atoms with Crippen LogP contribution < -0.4 is 5.32 Å². The first-order valence-corrected chi connectivity index (χ1v) is 11.9. The molecule has 1 saturated carbocycles. The van der Waals surface area contributed by atoms with Crippen molar-refractivity contribution >= 4 is 27.5 Å². The summed E-state index contributed by atoms with van der Waals surface area (Å²) in [5, 5.41) is 3.34. The summed E-state index contributed by atoms with van der Waals surface area (Å²) in [6.45, 7) is 3.06. The molecule has 1 aliphatic heterocycles. The van der Waals surface area contributed by atoms with Gasteiger partial charge in [0.2, 0.25) is 10.0 Å². The number of nitrogens with one attached hydrogen (secondary N) is 1. The first kappa shape index (κ1) is 20.4. The Balaban J connectivity index is 1.60. The first-order chi connectivity index (χ1) is 13.9. The molecule has 1 heterocycles. The lowest BCUT2D eigenvalue weighted by atomic mass is 10.0. The van der Waals surface area contributed by atoms with E-state index >= 15 is 0 Å². The Kier molecular flexibility index (Phi) is 5.69. The Bertz CT molecular complexity index is 1010. The Hall–Kier alpha value is -1.89. The lowest BCUT2D eigenvalue weighted by molar-refractivity contribution is 0.0931. The molecular weight excluding hydrogens is 408 g/mol. The lowest BCUT2D eigenvalue weighted by Crippen LogP contribution is -2.31. The Morgan fingerprint density at radius 1 is 1.10 bits per heavy atom. The quantitative estimate of drug-likeness (QED) is 0.739. The zero-order valence-corrected chi connectivity index (χ0v) is 18.0. The van der Waals surface area contributed by atoms with Gasteiger partial charge in [-0.15, -0.1) is 0 Å². The number of amides is 1. The summed E-state index contributed by atoms with van der Waals surface area (Å²) in [6, 6.07) is 12.4. The van der Waals surface area contributed by atoms with Crippen LogP contribution in [0.3, 0.4) is 0 Å². The molecule has 2 aromatic carbocycles. The van der Waals surface area contributed by atoms with Crippen LogP contribution in [-0.2, 0) is 10.0 Å². The summed E-state index contributed by atoms with van der Waals surface area (Å²) in [4.78, 5) is 13.2. The number of halogens is 1. The zero-order valence-electron chi connectivity index (χ0n) is 16.4. The molecule has 0 spiro atoms. The van der Waals surface area contributed by atoms with E-state index in [-0.39, 0.29) is 27.4 Å². The van der Waals surface area contributed by atoms with Gasteiger partial charge in [-0.3, -0.25) is 4.79 Å². The third-order valence-electron chi connectivity index (χ3n) is 5.70. The Labute approximate surface area is 177 Å². The molecule has 1 N–H and O–H groups in total. The van der Waals surface area contributed by atoms with Gasteiger partial charge in [-0.25, -0.2) is 8.42 Å². The number of sulfonamides is 1. The summed E-state index contributed by atoms with van der Waals surface area (Å²) in [7, 11) is -3.61. The van der Waals surface area contributed by atoms with Crippen molar-refractivity contribution in [3.63, 3.8) is 0 Å². The third-order valence-corrected chi connectivity index (χ3v) is 7.93. The minimum Gasteiger partial charge on any atom is -0.345 e. The molecule has 0 aromatic heterocycles. The fourth-order valence-electron chi connectivity index (χ4n) is 3.81. The number of benzene rings is 2. The summed E-state index contributed by atoms with van der Waals surface area (Å²) < 4.78 is 27.2. The van der Waals surface area contributed by atoms with Crippen LogP contribution in [0.1, 0.15) is 53.2 Å². The van der Waals surface area contributed by atoms with E-state index < -0.39 is 10.0 Å². The van der Waals surface area contributed by atoms with E-state index in [9.17, 15) is 13.2 Å². The number of carbonyl (C=O) groups is 1. The van der Waals surface area contributed by atoms with Crippen LogP contribution in [0.4, 0.5) is 0 Å². The van der Waals surface area contributed by atoms with Gasteiger partial charge in [0.1, 0.15) is 0 Å². The monoisotopic (exact) mass is 432 g/mol. The fraction of sp³-hybridized carbons (Fsp3) is 0.409. The summed E-state index contributed by atoms with van der Waals surface area (Å²) in [5.41, 5.74) is 2.42. The number of hydrogen-bond donors (Lipinski definition) is 1. The molecule has 1 saturated heterocycles. The van der Waals surface area contributed by atoms with E-state index in [1.54, 1.807) is 0 Å². The van der Waals surface area contributed by atoms with Gasteiger partial charge in [0.25, 0.3) is 5.91 Å². The summed E-state index contributed by atoms with van der Waals surface area (Å²) in [6.07, 6.45) is 3.85. The largest absolute Gasteiger partial charge is 0.345 e. The molecule has 2 aliphatic rings. The molecule has 0 radical (unpaired) electrons. The van der Waals surface area contributed by atoms with Crippen LogP contribution >= 0.6 is 11.6 Å². The molecule has 1 amide bonds. The number of aryl methyl sites for hydroxylation is 1. The molecule has 2 aromatic rings. The van der Waals surface area contributed by atoms with Gasteiger partial charge >= 0.3 is 0 Å². The van der Waals surface area contributed by atoms with Crippen molar-refractivity contribution in [3.05, 3.63) is 64.2 Å². The van der Waals surface area contributed by atoms with Gasteiger partial charge in [0.15, 0.2) is 0 Å². The Morgan fingerprint density at radius 3 is 2.38 bits per heavy atom. The number of nitrogens with zero attached hydrogens (tertiary/aromatic N) is 1. The smallest absolute Gasteiger partial charge is 0.253 e. The fourth-order valence-corrected chi connectivity index (χ4v) is 5.56. The van der Waals surface area contributed by atoms with Crippen LogP contribution in [0.25, 0.3) is 0 Å². The van der Waals surface area contributed by atoms with Gasteiger partial charge in [0, 0.05) is 13.1 Å². The van der Waals surface area contributed by atoms with Gasteiger partial charge in [0.05, 0.1) is 21.5 Å². The van der Waals surface area contributed by atoms with E-state index in [1.807, 2.05) is 31.2 Å². The molecule has 7 heteroatoms. The van der Waals surface area contributed by atoms with Crippen LogP contribution in [-0.4, -0.2) is 31.7 Å². The van der Waals surface area contributed by atoms with Crippen molar-refractivity contribution in [2.24, 2.45) is 5.92 Å². The summed E-state index contributed by atoms with van der Waals surface area (Å²) >= 11 is 6.28. The topological polar surface area (TPSA) is 66.5 Å². The second-order valence-corrected chi connectivity index (χ2v) is 10.3. The highest BCUT2D eigenvalue weighted by molar-refractivity contribution is 7.89. The lowest BCUT2D eigenvalue weighted by Gasteiger charge is -2.20.